The Bertz CT molecular complexity index is 868. The van der Waals surface area contributed by atoms with E-state index < -0.39 is 5.54 Å². The summed E-state index contributed by atoms with van der Waals surface area (Å²) in [5, 5.41) is 11.8. The minimum atomic E-state index is -0.991. The summed E-state index contributed by atoms with van der Waals surface area (Å²) in [7, 11) is 0. The highest BCUT2D eigenvalue weighted by atomic mass is 79.9. The van der Waals surface area contributed by atoms with Crippen molar-refractivity contribution < 1.29 is 19.4 Å². The third-order valence-corrected chi connectivity index (χ3v) is 5.33. The molecule has 0 saturated carbocycles. The van der Waals surface area contributed by atoms with Crippen molar-refractivity contribution >= 4 is 27.7 Å². The van der Waals surface area contributed by atoms with Crippen LogP contribution < -0.4 is 10.1 Å². The molecule has 30 heavy (non-hydrogen) atoms. The van der Waals surface area contributed by atoms with E-state index in [9.17, 15) is 4.79 Å². The zero-order valence-electron chi connectivity index (χ0n) is 17.1. The number of hydrogen-bond acceptors (Lipinski definition) is 5. The molecule has 1 amide bonds. The van der Waals surface area contributed by atoms with E-state index in [-0.39, 0.29) is 19.1 Å². The second-order valence-corrected chi connectivity index (χ2v) is 8.16. The van der Waals surface area contributed by atoms with E-state index in [2.05, 4.69) is 21.2 Å². The molecule has 6 nitrogen and oxygen atoms in total. The van der Waals surface area contributed by atoms with Gasteiger partial charge in [0, 0.05) is 36.0 Å². The van der Waals surface area contributed by atoms with E-state index >= 15 is 0 Å². The number of hydrogen-bond donors (Lipinski definition) is 2. The lowest BCUT2D eigenvalue weighted by atomic mass is 9.91. The molecule has 1 atom stereocenters. The number of rotatable bonds is 10. The van der Waals surface area contributed by atoms with Crippen molar-refractivity contribution in [1.29, 1.82) is 0 Å². The Labute approximate surface area is 185 Å². The molecule has 2 aromatic rings. The third-order valence-electron chi connectivity index (χ3n) is 4.80. The molecule has 0 spiro atoms. The van der Waals surface area contributed by atoms with Crippen LogP contribution >= 0.6 is 15.9 Å². The number of aliphatic hydroxyl groups excluding tert-OH is 1. The summed E-state index contributed by atoms with van der Waals surface area (Å²) in [6, 6.07) is 15.3. The second-order valence-electron chi connectivity index (χ2n) is 7.25. The number of carbonyl (C=O) groups is 1. The summed E-state index contributed by atoms with van der Waals surface area (Å²) in [6.07, 6.45) is 1.90. The summed E-state index contributed by atoms with van der Waals surface area (Å²) in [6.45, 7) is 3.38. The average Bonchev–Trinajstić information content (AvgIpc) is 3.19. The molecule has 7 heteroatoms. The number of nitrogens with one attached hydrogen (secondary N) is 1. The van der Waals surface area contributed by atoms with Crippen molar-refractivity contribution in [2.75, 3.05) is 26.4 Å². The summed E-state index contributed by atoms with van der Waals surface area (Å²) in [5.74, 6) is 1.06. The Hall–Kier alpha value is -2.38. The molecule has 2 N–H and O–H groups in total. The molecule has 1 aliphatic rings. The van der Waals surface area contributed by atoms with Crippen LogP contribution in [0, 0.1) is 0 Å². The van der Waals surface area contributed by atoms with Crippen molar-refractivity contribution in [3.05, 3.63) is 64.1 Å². The van der Waals surface area contributed by atoms with Gasteiger partial charge in [-0.2, -0.15) is 0 Å². The maximum absolute atomic E-state index is 13.0. The van der Waals surface area contributed by atoms with Gasteiger partial charge in [0.2, 0.25) is 5.90 Å². The lowest BCUT2D eigenvalue weighted by Gasteiger charge is -2.23. The average molecular weight is 475 g/mol. The van der Waals surface area contributed by atoms with E-state index in [4.69, 9.17) is 19.6 Å². The maximum atomic E-state index is 13.0. The largest absolute Gasteiger partial charge is 0.494 e. The van der Waals surface area contributed by atoms with Crippen LogP contribution in [-0.2, 0) is 16.0 Å². The van der Waals surface area contributed by atoms with Crippen LogP contribution in [0.25, 0.3) is 0 Å². The zero-order valence-corrected chi connectivity index (χ0v) is 18.7. The molecule has 0 aliphatic carbocycles. The highest BCUT2D eigenvalue weighted by Gasteiger charge is 2.44. The molecule has 0 radical (unpaired) electrons. The highest BCUT2D eigenvalue weighted by molar-refractivity contribution is 9.10. The van der Waals surface area contributed by atoms with E-state index in [0.717, 1.165) is 22.0 Å². The first-order valence-electron chi connectivity index (χ1n) is 10.2. The van der Waals surface area contributed by atoms with Crippen molar-refractivity contribution in [2.45, 2.75) is 31.7 Å². The van der Waals surface area contributed by atoms with E-state index in [1.807, 2.05) is 55.5 Å². The van der Waals surface area contributed by atoms with Crippen LogP contribution in [0.3, 0.4) is 0 Å². The molecule has 160 valence electrons. The van der Waals surface area contributed by atoms with Crippen molar-refractivity contribution in [1.82, 2.24) is 5.32 Å². The predicted octanol–water partition coefficient (Wildman–Crippen LogP) is 3.49. The Morgan fingerprint density at radius 2 is 1.97 bits per heavy atom. The van der Waals surface area contributed by atoms with Gasteiger partial charge in [0.25, 0.3) is 5.91 Å². The first kappa shape index (κ1) is 22.3. The number of aliphatic imine (C=N–C) groups is 1. The molecule has 1 aliphatic heterocycles. The van der Waals surface area contributed by atoms with E-state index in [1.54, 1.807) is 0 Å². The molecule has 0 bridgehead atoms. The summed E-state index contributed by atoms with van der Waals surface area (Å²) in [5.41, 5.74) is 0.825. The SMILES string of the molecule is CCCNC(=O)[C@@]1(Cc2ccc(Br)cc2)COC(c2ccc(OCCCO)cc2)=N1. The minimum absolute atomic E-state index is 0.100. The van der Waals surface area contributed by atoms with Gasteiger partial charge >= 0.3 is 0 Å². The van der Waals surface area contributed by atoms with Crippen LogP contribution in [0.2, 0.25) is 0 Å². The van der Waals surface area contributed by atoms with E-state index in [0.29, 0.717) is 37.6 Å². The van der Waals surface area contributed by atoms with Gasteiger partial charge in [-0.25, -0.2) is 4.99 Å². The molecule has 3 rings (SSSR count). The van der Waals surface area contributed by atoms with Gasteiger partial charge in [-0.1, -0.05) is 35.0 Å². The molecule has 0 fully saturated rings. The Morgan fingerprint density at radius 3 is 2.63 bits per heavy atom. The van der Waals surface area contributed by atoms with Gasteiger partial charge in [-0.05, 0) is 48.4 Å². The lowest BCUT2D eigenvalue weighted by molar-refractivity contribution is -0.126. The van der Waals surface area contributed by atoms with Crippen molar-refractivity contribution in [2.24, 2.45) is 4.99 Å². The predicted molar refractivity (Wildman–Crippen MR) is 120 cm³/mol. The van der Waals surface area contributed by atoms with Crippen molar-refractivity contribution in [3.8, 4) is 5.75 Å². The van der Waals surface area contributed by atoms with Crippen LogP contribution in [0.4, 0.5) is 0 Å². The number of benzene rings is 2. The minimum Gasteiger partial charge on any atom is -0.494 e. The van der Waals surface area contributed by atoms with Gasteiger partial charge in [0.15, 0.2) is 5.54 Å². The van der Waals surface area contributed by atoms with Gasteiger partial charge in [0.1, 0.15) is 12.4 Å². The van der Waals surface area contributed by atoms with Gasteiger partial charge < -0.3 is 19.9 Å². The number of carbonyl (C=O) groups excluding carboxylic acids is 1. The lowest BCUT2D eigenvalue weighted by Crippen LogP contribution is -2.48. The molecule has 2 aromatic carbocycles. The first-order chi connectivity index (χ1) is 14.6. The summed E-state index contributed by atoms with van der Waals surface area (Å²) < 4.78 is 12.5. The Morgan fingerprint density at radius 1 is 1.23 bits per heavy atom. The van der Waals surface area contributed by atoms with Crippen LogP contribution in [0.15, 0.2) is 58.0 Å². The van der Waals surface area contributed by atoms with Gasteiger partial charge in [-0.15, -0.1) is 0 Å². The molecular formula is C23H27BrN2O4. The fraction of sp³-hybridized carbons (Fsp3) is 0.391. The fourth-order valence-corrected chi connectivity index (χ4v) is 3.44. The Balaban J connectivity index is 1.81. The topological polar surface area (TPSA) is 80.2 Å². The molecule has 0 aromatic heterocycles. The molecule has 1 heterocycles. The van der Waals surface area contributed by atoms with Crippen molar-refractivity contribution in [3.63, 3.8) is 0 Å². The molecular weight excluding hydrogens is 448 g/mol. The fourth-order valence-electron chi connectivity index (χ4n) is 3.17. The van der Waals surface area contributed by atoms with Crippen LogP contribution in [0.1, 0.15) is 30.9 Å². The summed E-state index contributed by atoms with van der Waals surface area (Å²) in [4.78, 5) is 17.8. The van der Waals surface area contributed by atoms with Gasteiger partial charge in [-0.3, -0.25) is 4.79 Å². The number of nitrogens with zero attached hydrogens (tertiary/aromatic N) is 1. The zero-order chi connectivity index (χ0) is 21.4. The number of ether oxygens (including phenoxy) is 2. The first-order valence-corrected chi connectivity index (χ1v) is 10.9. The summed E-state index contributed by atoms with van der Waals surface area (Å²) >= 11 is 3.45. The monoisotopic (exact) mass is 474 g/mol. The standard InChI is InChI=1S/C23H27BrN2O4/c1-2-12-25-22(28)23(15-17-4-8-19(24)9-5-17)16-30-21(26-23)18-6-10-20(11-7-18)29-14-3-13-27/h4-11,27H,2-3,12-16H2,1H3,(H,25,28)/t23-/m1/s1. The van der Waals surface area contributed by atoms with Crippen LogP contribution in [0.5, 0.6) is 5.75 Å². The second kappa shape index (κ2) is 10.6. The van der Waals surface area contributed by atoms with Crippen LogP contribution in [-0.4, -0.2) is 48.8 Å². The molecule has 0 saturated heterocycles. The highest BCUT2D eigenvalue weighted by Crippen LogP contribution is 2.28. The number of aliphatic hydroxyl groups is 1. The van der Waals surface area contributed by atoms with E-state index in [1.165, 1.54) is 0 Å². The third kappa shape index (κ3) is 5.61. The smallest absolute Gasteiger partial charge is 0.251 e. The van der Waals surface area contributed by atoms with Gasteiger partial charge in [0.05, 0.1) is 6.61 Å². The Kier molecular flexibility index (Phi) is 7.87. The molecule has 0 unspecified atom stereocenters. The quantitative estimate of drug-likeness (QED) is 0.516. The maximum Gasteiger partial charge on any atom is 0.251 e. The number of halogens is 1. The normalized spacial score (nSPS) is 17.9. The number of amides is 1.